The summed E-state index contributed by atoms with van der Waals surface area (Å²) in [6, 6.07) is 5.36. The number of nitrogens with two attached hydrogens (primary N) is 1. The summed E-state index contributed by atoms with van der Waals surface area (Å²) in [5.41, 5.74) is 8.17. The van der Waals surface area contributed by atoms with Crippen molar-refractivity contribution in [3.63, 3.8) is 0 Å². The zero-order chi connectivity index (χ0) is 14.5. The zero-order valence-corrected chi connectivity index (χ0v) is 12.1. The van der Waals surface area contributed by atoms with Crippen LogP contribution in [0.1, 0.15) is 30.1 Å². The van der Waals surface area contributed by atoms with E-state index in [9.17, 15) is 4.79 Å². The first-order valence-electron chi connectivity index (χ1n) is 7.00. The third-order valence-corrected chi connectivity index (χ3v) is 3.65. The quantitative estimate of drug-likeness (QED) is 0.674. The standard InChI is InChI=1S/C15H22N2O3/c1-3-20-15(18)11-4-5-14(13(16)10-11)17-8-6-12(19-2)7-9-17/h4-5,10,12H,3,6-9,16H2,1-2H3. The molecular formula is C15H22N2O3. The van der Waals surface area contributed by atoms with Crippen LogP contribution in [0, 0.1) is 0 Å². The number of ether oxygens (including phenoxy) is 2. The van der Waals surface area contributed by atoms with Gasteiger partial charge >= 0.3 is 5.97 Å². The van der Waals surface area contributed by atoms with Crippen molar-refractivity contribution < 1.29 is 14.3 Å². The van der Waals surface area contributed by atoms with Gasteiger partial charge in [0.05, 0.1) is 29.6 Å². The number of piperidine rings is 1. The minimum absolute atomic E-state index is 0.330. The van der Waals surface area contributed by atoms with E-state index in [1.54, 1.807) is 26.2 Å². The fourth-order valence-corrected chi connectivity index (χ4v) is 2.52. The van der Waals surface area contributed by atoms with Crippen molar-refractivity contribution in [1.82, 2.24) is 0 Å². The molecule has 1 saturated heterocycles. The Morgan fingerprint density at radius 2 is 2.10 bits per heavy atom. The van der Waals surface area contributed by atoms with E-state index in [1.165, 1.54) is 0 Å². The van der Waals surface area contributed by atoms with Crippen LogP contribution in [0.25, 0.3) is 0 Å². The van der Waals surface area contributed by atoms with E-state index in [0.717, 1.165) is 31.6 Å². The van der Waals surface area contributed by atoms with Gasteiger partial charge in [0, 0.05) is 20.2 Å². The lowest BCUT2D eigenvalue weighted by atomic mass is 10.1. The van der Waals surface area contributed by atoms with Crippen molar-refractivity contribution in [2.45, 2.75) is 25.9 Å². The van der Waals surface area contributed by atoms with Crippen LogP contribution in [0.4, 0.5) is 11.4 Å². The lowest BCUT2D eigenvalue weighted by Crippen LogP contribution is -2.37. The maximum absolute atomic E-state index is 11.7. The molecule has 1 aliphatic rings. The normalized spacial score (nSPS) is 16.2. The van der Waals surface area contributed by atoms with Gasteiger partial charge in [0.2, 0.25) is 0 Å². The predicted molar refractivity (Wildman–Crippen MR) is 79.1 cm³/mol. The molecule has 2 rings (SSSR count). The Morgan fingerprint density at radius 1 is 1.40 bits per heavy atom. The van der Waals surface area contributed by atoms with E-state index in [1.807, 2.05) is 6.07 Å². The number of hydrogen-bond acceptors (Lipinski definition) is 5. The zero-order valence-electron chi connectivity index (χ0n) is 12.1. The van der Waals surface area contributed by atoms with E-state index in [2.05, 4.69) is 4.90 Å². The number of hydrogen-bond donors (Lipinski definition) is 1. The van der Waals surface area contributed by atoms with Crippen molar-refractivity contribution >= 4 is 17.3 Å². The molecule has 0 bridgehead atoms. The van der Waals surface area contributed by atoms with E-state index in [4.69, 9.17) is 15.2 Å². The second-order valence-corrected chi connectivity index (χ2v) is 4.92. The van der Waals surface area contributed by atoms with Crippen LogP contribution in [0.15, 0.2) is 18.2 Å². The third-order valence-electron chi connectivity index (χ3n) is 3.65. The highest BCUT2D eigenvalue weighted by Gasteiger charge is 2.20. The summed E-state index contributed by atoms with van der Waals surface area (Å²) in [6.07, 6.45) is 2.33. The highest BCUT2D eigenvalue weighted by atomic mass is 16.5. The third kappa shape index (κ3) is 3.22. The van der Waals surface area contributed by atoms with Crippen molar-refractivity contribution in [3.8, 4) is 0 Å². The maximum Gasteiger partial charge on any atom is 0.338 e. The molecular weight excluding hydrogens is 256 g/mol. The minimum Gasteiger partial charge on any atom is -0.462 e. The van der Waals surface area contributed by atoms with E-state index >= 15 is 0 Å². The van der Waals surface area contributed by atoms with Crippen LogP contribution in [0.5, 0.6) is 0 Å². The van der Waals surface area contributed by atoms with Gasteiger partial charge in [0.25, 0.3) is 0 Å². The second-order valence-electron chi connectivity index (χ2n) is 4.92. The molecule has 0 saturated carbocycles. The number of nitrogens with zero attached hydrogens (tertiary/aromatic N) is 1. The summed E-state index contributed by atoms with van der Waals surface area (Å²) >= 11 is 0. The second kappa shape index (κ2) is 6.61. The van der Waals surface area contributed by atoms with Crippen LogP contribution < -0.4 is 10.6 Å². The van der Waals surface area contributed by atoms with Crippen molar-refractivity contribution in [3.05, 3.63) is 23.8 Å². The Kier molecular flexibility index (Phi) is 4.84. The van der Waals surface area contributed by atoms with Crippen LogP contribution in [-0.2, 0) is 9.47 Å². The topological polar surface area (TPSA) is 64.8 Å². The van der Waals surface area contributed by atoms with Gasteiger partial charge in [-0.3, -0.25) is 0 Å². The Hall–Kier alpha value is -1.75. The fraction of sp³-hybridized carbons (Fsp3) is 0.533. The van der Waals surface area contributed by atoms with Gasteiger partial charge in [-0.05, 0) is 38.0 Å². The first-order valence-corrected chi connectivity index (χ1v) is 7.00. The molecule has 1 aromatic carbocycles. The summed E-state index contributed by atoms with van der Waals surface area (Å²) in [5, 5.41) is 0. The molecule has 1 aromatic rings. The highest BCUT2D eigenvalue weighted by Crippen LogP contribution is 2.28. The number of nitrogen functional groups attached to an aromatic ring is 1. The number of carbonyl (C=O) groups is 1. The molecule has 0 atom stereocenters. The summed E-state index contributed by atoms with van der Waals surface area (Å²) in [5.74, 6) is -0.330. The van der Waals surface area contributed by atoms with Gasteiger partial charge < -0.3 is 20.1 Å². The molecule has 1 heterocycles. The van der Waals surface area contributed by atoms with Crippen molar-refractivity contribution in [1.29, 1.82) is 0 Å². The van der Waals surface area contributed by atoms with Crippen LogP contribution in [-0.4, -0.2) is 38.9 Å². The van der Waals surface area contributed by atoms with Crippen molar-refractivity contribution in [2.24, 2.45) is 0 Å². The van der Waals surface area contributed by atoms with Gasteiger partial charge in [-0.1, -0.05) is 0 Å². The number of methoxy groups -OCH3 is 1. The van der Waals surface area contributed by atoms with Gasteiger partial charge in [0.1, 0.15) is 0 Å². The van der Waals surface area contributed by atoms with Gasteiger partial charge in [0.15, 0.2) is 0 Å². The molecule has 0 aromatic heterocycles. The van der Waals surface area contributed by atoms with Crippen LogP contribution >= 0.6 is 0 Å². The van der Waals surface area contributed by atoms with E-state index in [0.29, 0.717) is 24.0 Å². The summed E-state index contributed by atoms with van der Waals surface area (Å²) < 4.78 is 10.3. The largest absolute Gasteiger partial charge is 0.462 e. The van der Waals surface area contributed by atoms with Crippen LogP contribution in [0.3, 0.4) is 0 Å². The minimum atomic E-state index is -0.330. The Labute approximate surface area is 119 Å². The SMILES string of the molecule is CCOC(=O)c1ccc(N2CCC(OC)CC2)c(N)c1. The molecule has 0 amide bonds. The summed E-state index contributed by atoms with van der Waals surface area (Å²) in [4.78, 5) is 13.9. The van der Waals surface area contributed by atoms with E-state index < -0.39 is 0 Å². The predicted octanol–water partition coefficient (Wildman–Crippen LogP) is 2.06. The number of carbonyl (C=O) groups excluding carboxylic acids is 1. The number of anilines is 2. The van der Waals surface area contributed by atoms with Crippen LogP contribution in [0.2, 0.25) is 0 Å². The lowest BCUT2D eigenvalue weighted by Gasteiger charge is -2.33. The van der Waals surface area contributed by atoms with Gasteiger partial charge in [-0.2, -0.15) is 0 Å². The monoisotopic (exact) mass is 278 g/mol. The number of esters is 1. The average Bonchev–Trinajstić information content (AvgIpc) is 2.47. The van der Waals surface area contributed by atoms with Gasteiger partial charge in [-0.25, -0.2) is 4.79 Å². The highest BCUT2D eigenvalue weighted by molar-refractivity contribution is 5.92. The number of benzene rings is 1. The Morgan fingerprint density at radius 3 is 2.65 bits per heavy atom. The van der Waals surface area contributed by atoms with Gasteiger partial charge in [-0.15, -0.1) is 0 Å². The molecule has 0 radical (unpaired) electrons. The summed E-state index contributed by atoms with van der Waals surface area (Å²) in [6.45, 7) is 3.99. The fourth-order valence-electron chi connectivity index (χ4n) is 2.52. The lowest BCUT2D eigenvalue weighted by molar-refractivity contribution is 0.0526. The van der Waals surface area contributed by atoms with Crippen molar-refractivity contribution in [2.75, 3.05) is 37.4 Å². The average molecular weight is 278 g/mol. The molecule has 0 unspecified atom stereocenters. The molecule has 20 heavy (non-hydrogen) atoms. The molecule has 5 nitrogen and oxygen atoms in total. The molecule has 0 aliphatic carbocycles. The molecule has 5 heteroatoms. The first kappa shape index (κ1) is 14.7. The maximum atomic E-state index is 11.7. The molecule has 1 aliphatic heterocycles. The molecule has 2 N–H and O–H groups in total. The molecule has 110 valence electrons. The molecule has 0 spiro atoms. The first-order chi connectivity index (χ1) is 9.65. The Balaban J connectivity index is 2.08. The summed E-state index contributed by atoms with van der Waals surface area (Å²) in [7, 11) is 1.75. The Bertz CT molecular complexity index is 468. The number of rotatable bonds is 4. The molecule has 1 fully saturated rings. The van der Waals surface area contributed by atoms with E-state index in [-0.39, 0.29) is 5.97 Å². The smallest absolute Gasteiger partial charge is 0.338 e.